The van der Waals surface area contributed by atoms with Crippen molar-refractivity contribution in [3.05, 3.63) is 12.2 Å². The van der Waals surface area contributed by atoms with Gasteiger partial charge in [-0.05, 0) is 63.1 Å². The first-order valence-corrected chi connectivity index (χ1v) is 10.0. The van der Waals surface area contributed by atoms with Gasteiger partial charge in [-0.2, -0.15) is 0 Å². The Hall–Kier alpha value is -0.610. The number of thiocarbonyl (C=S) groups is 1. The van der Waals surface area contributed by atoms with Gasteiger partial charge in [0.2, 0.25) is 0 Å². The minimum absolute atomic E-state index is 0.379. The molecule has 0 bridgehead atoms. The van der Waals surface area contributed by atoms with Crippen molar-refractivity contribution < 1.29 is 4.74 Å². The fourth-order valence-electron chi connectivity index (χ4n) is 4.15. The Morgan fingerprint density at radius 1 is 1.04 bits per heavy atom. The first kappa shape index (κ1) is 17.2. The summed E-state index contributed by atoms with van der Waals surface area (Å²) in [4.78, 5) is 2.43. The number of nitrogens with one attached hydrogen (secondary N) is 1. The molecule has 0 aromatic heterocycles. The minimum Gasteiger partial charge on any atom is -0.376 e. The van der Waals surface area contributed by atoms with Crippen LogP contribution in [0.25, 0.3) is 0 Å². The van der Waals surface area contributed by atoms with Gasteiger partial charge in [-0.15, -0.1) is 0 Å². The first-order valence-electron chi connectivity index (χ1n) is 9.63. The molecule has 3 rings (SSSR count). The molecular weight excluding hydrogens is 304 g/mol. The maximum absolute atomic E-state index is 5.87. The molecule has 2 atom stereocenters. The van der Waals surface area contributed by atoms with E-state index < -0.39 is 0 Å². The lowest BCUT2D eigenvalue weighted by atomic mass is 9.89. The number of rotatable bonds is 5. The van der Waals surface area contributed by atoms with E-state index in [1.807, 2.05) is 0 Å². The SMILES string of the molecule is S=C(NC1CC=CCC1)N(CC1CCCCC1)CC1CCCO1. The van der Waals surface area contributed by atoms with Gasteiger partial charge in [-0.3, -0.25) is 0 Å². The molecule has 1 saturated heterocycles. The Morgan fingerprint density at radius 2 is 1.91 bits per heavy atom. The largest absolute Gasteiger partial charge is 0.376 e. The lowest BCUT2D eigenvalue weighted by Gasteiger charge is -2.35. The normalized spacial score (nSPS) is 28.7. The van der Waals surface area contributed by atoms with Crippen molar-refractivity contribution in [2.75, 3.05) is 19.7 Å². The maximum atomic E-state index is 5.87. The van der Waals surface area contributed by atoms with Gasteiger partial charge in [-0.25, -0.2) is 0 Å². The third-order valence-electron chi connectivity index (χ3n) is 5.54. The molecule has 0 radical (unpaired) electrons. The van der Waals surface area contributed by atoms with Gasteiger partial charge in [0, 0.05) is 25.7 Å². The standard InChI is InChI=1S/C19H32N2OS/c23-19(20-17-10-5-2-6-11-17)21(15-18-12-7-13-22-18)14-16-8-3-1-4-9-16/h2,5,16-18H,1,3-4,6-15H2,(H,20,23). The van der Waals surface area contributed by atoms with Crippen LogP contribution in [0, 0.1) is 5.92 Å². The number of allylic oxidation sites excluding steroid dienone is 1. The van der Waals surface area contributed by atoms with Crippen LogP contribution in [0.3, 0.4) is 0 Å². The quantitative estimate of drug-likeness (QED) is 0.605. The van der Waals surface area contributed by atoms with Gasteiger partial charge >= 0.3 is 0 Å². The summed E-state index contributed by atoms with van der Waals surface area (Å²) < 4.78 is 5.87. The summed E-state index contributed by atoms with van der Waals surface area (Å²) in [6, 6.07) is 0.519. The summed E-state index contributed by atoms with van der Waals surface area (Å²) >= 11 is 5.79. The molecule has 2 aliphatic carbocycles. The predicted octanol–water partition coefficient (Wildman–Crippen LogP) is 4.03. The van der Waals surface area contributed by atoms with Gasteiger partial charge in [0.05, 0.1) is 6.10 Å². The molecule has 1 aliphatic heterocycles. The molecule has 3 aliphatic rings. The number of nitrogens with zero attached hydrogens (tertiary/aromatic N) is 1. The fourth-order valence-corrected chi connectivity index (χ4v) is 4.46. The molecule has 0 aromatic rings. The molecule has 23 heavy (non-hydrogen) atoms. The third kappa shape index (κ3) is 5.46. The maximum Gasteiger partial charge on any atom is 0.169 e. The monoisotopic (exact) mass is 336 g/mol. The molecule has 1 heterocycles. The summed E-state index contributed by atoms with van der Waals surface area (Å²) in [5.74, 6) is 0.816. The Morgan fingerprint density at radius 3 is 2.61 bits per heavy atom. The van der Waals surface area contributed by atoms with E-state index in [0.29, 0.717) is 12.1 Å². The lowest BCUT2D eigenvalue weighted by molar-refractivity contribution is 0.0858. The molecule has 4 heteroatoms. The number of hydrogen-bond donors (Lipinski definition) is 1. The van der Waals surface area contributed by atoms with Crippen LogP contribution in [-0.2, 0) is 4.74 Å². The van der Waals surface area contributed by atoms with Gasteiger partial charge < -0.3 is 15.0 Å². The van der Waals surface area contributed by atoms with Crippen LogP contribution >= 0.6 is 12.2 Å². The van der Waals surface area contributed by atoms with Crippen molar-refractivity contribution in [1.82, 2.24) is 10.2 Å². The van der Waals surface area contributed by atoms with E-state index in [2.05, 4.69) is 22.4 Å². The highest BCUT2D eigenvalue weighted by molar-refractivity contribution is 7.80. The Labute approximate surface area is 146 Å². The molecule has 2 unspecified atom stereocenters. The second kappa shape index (κ2) is 9.03. The Bertz CT molecular complexity index is 400. The third-order valence-corrected chi connectivity index (χ3v) is 5.91. The van der Waals surface area contributed by atoms with Crippen LogP contribution in [-0.4, -0.2) is 41.9 Å². The molecule has 130 valence electrons. The molecule has 2 fully saturated rings. The van der Waals surface area contributed by atoms with Crippen LogP contribution in [0.5, 0.6) is 0 Å². The van der Waals surface area contributed by atoms with Crippen molar-refractivity contribution in [1.29, 1.82) is 0 Å². The molecular formula is C19H32N2OS. The van der Waals surface area contributed by atoms with Gasteiger partial charge in [0.15, 0.2) is 5.11 Å². The highest BCUT2D eigenvalue weighted by atomic mass is 32.1. The van der Waals surface area contributed by atoms with Gasteiger partial charge in [-0.1, -0.05) is 31.4 Å². The van der Waals surface area contributed by atoms with Gasteiger partial charge in [0.1, 0.15) is 0 Å². The zero-order valence-electron chi connectivity index (χ0n) is 14.3. The number of hydrogen-bond acceptors (Lipinski definition) is 2. The van der Waals surface area contributed by atoms with E-state index in [1.165, 1.54) is 57.8 Å². The summed E-state index contributed by atoms with van der Waals surface area (Å²) in [5, 5.41) is 4.60. The Kier molecular flexibility index (Phi) is 6.76. The summed E-state index contributed by atoms with van der Waals surface area (Å²) in [6.45, 7) is 3.02. The van der Waals surface area contributed by atoms with Crippen molar-refractivity contribution in [3.63, 3.8) is 0 Å². The molecule has 0 spiro atoms. The predicted molar refractivity (Wildman–Crippen MR) is 99.6 cm³/mol. The molecule has 0 amide bonds. The average molecular weight is 337 g/mol. The Balaban J connectivity index is 1.55. The van der Waals surface area contributed by atoms with Crippen molar-refractivity contribution >= 4 is 17.3 Å². The van der Waals surface area contributed by atoms with Crippen LogP contribution in [0.1, 0.15) is 64.2 Å². The lowest BCUT2D eigenvalue weighted by Crippen LogP contribution is -2.49. The van der Waals surface area contributed by atoms with Crippen LogP contribution in [0.2, 0.25) is 0 Å². The highest BCUT2D eigenvalue weighted by Crippen LogP contribution is 2.25. The molecule has 1 N–H and O–H groups in total. The zero-order chi connectivity index (χ0) is 15.9. The van der Waals surface area contributed by atoms with Crippen LogP contribution in [0.4, 0.5) is 0 Å². The van der Waals surface area contributed by atoms with Crippen molar-refractivity contribution in [2.24, 2.45) is 5.92 Å². The average Bonchev–Trinajstić information content (AvgIpc) is 3.09. The van der Waals surface area contributed by atoms with Gasteiger partial charge in [0.25, 0.3) is 0 Å². The van der Waals surface area contributed by atoms with E-state index in [4.69, 9.17) is 17.0 Å². The first-order chi connectivity index (χ1) is 11.3. The topological polar surface area (TPSA) is 24.5 Å². The van der Waals surface area contributed by atoms with E-state index in [1.54, 1.807) is 0 Å². The second-order valence-electron chi connectivity index (χ2n) is 7.47. The van der Waals surface area contributed by atoms with E-state index in [0.717, 1.165) is 37.1 Å². The van der Waals surface area contributed by atoms with Crippen molar-refractivity contribution in [2.45, 2.75) is 76.4 Å². The molecule has 1 saturated carbocycles. The summed E-state index contributed by atoms with van der Waals surface area (Å²) in [7, 11) is 0. The van der Waals surface area contributed by atoms with E-state index >= 15 is 0 Å². The highest BCUT2D eigenvalue weighted by Gasteiger charge is 2.25. The van der Waals surface area contributed by atoms with Crippen LogP contribution in [0.15, 0.2) is 12.2 Å². The number of ether oxygens (including phenoxy) is 1. The van der Waals surface area contributed by atoms with Crippen molar-refractivity contribution in [3.8, 4) is 0 Å². The molecule has 0 aromatic carbocycles. The second-order valence-corrected chi connectivity index (χ2v) is 7.86. The van der Waals surface area contributed by atoms with E-state index in [-0.39, 0.29) is 0 Å². The van der Waals surface area contributed by atoms with Crippen LogP contribution < -0.4 is 5.32 Å². The minimum atomic E-state index is 0.379. The fraction of sp³-hybridized carbons (Fsp3) is 0.842. The molecule has 3 nitrogen and oxygen atoms in total. The summed E-state index contributed by atoms with van der Waals surface area (Å²) in [6.07, 6.45) is 17.8. The van der Waals surface area contributed by atoms with E-state index in [9.17, 15) is 0 Å². The summed E-state index contributed by atoms with van der Waals surface area (Å²) in [5.41, 5.74) is 0. The smallest absolute Gasteiger partial charge is 0.169 e. The zero-order valence-corrected chi connectivity index (χ0v) is 15.2.